The van der Waals surface area contributed by atoms with Crippen LogP contribution in [0.15, 0.2) is 6.07 Å². The Hall–Kier alpha value is -0.700. The molecule has 1 aliphatic carbocycles. The zero-order valence-electron chi connectivity index (χ0n) is 12.4. The average Bonchev–Trinajstić information content (AvgIpc) is 2.37. The first kappa shape index (κ1) is 14.7. The van der Waals surface area contributed by atoms with Gasteiger partial charge < -0.3 is 4.98 Å². The van der Waals surface area contributed by atoms with Crippen molar-refractivity contribution in [3.63, 3.8) is 0 Å². The molecular weight excluding hydrogens is 252 g/mol. The lowest BCUT2D eigenvalue weighted by Gasteiger charge is -2.28. The number of rotatable bonds is 4. The predicted octanol–water partition coefficient (Wildman–Crippen LogP) is 5.02. The van der Waals surface area contributed by atoms with E-state index in [2.05, 4.69) is 30.7 Å². The van der Waals surface area contributed by atoms with Crippen molar-refractivity contribution >= 4 is 12.2 Å². The summed E-state index contributed by atoms with van der Waals surface area (Å²) in [5.41, 5.74) is 1.25. The summed E-state index contributed by atoms with van der Waals surface area (Å²) in [5, 5.41) is 0. The molecule has 2 nitrogen and oxygen atoms in total. The molecule has 0 saturated heterocycles. The Balaban J connectivity index is 2.19. The van der Waals surface area contributed by atoms with Gasteiger partial charge in [-0.05, 0) is 37.2 Å². The van der Waals surface area contributed by atoms with Crippen LogP contribution in [-0.2, 0) is 6.42 Å². The fourth-order valence-electron chi connectivity index (χ4n) is 3.18. The van der Waals surface area contributed by atoms with Crippen LogP contribution in [-0.4, -0.2) is 9.97 Å². The van der Waals surface area contributed by atoms with Crippen LogP contribution in [0.2, 0.25) is 0 Å². The lowest BCUT2D eigenvalue weighted by molar-refractivity contribution is 0.306. The molecule has 1 fully saturated rings. The highest BCUT2D eigenvalue weighted by Gasteiger charge is 2.23. The van der Waals surface area contributed by atoms with Crippen molar-refractivity contribution < 1.29 is 0 Å². The van der Waals surface area contributed by atoms with Gasteiger partial charge in [-0.25, -0.2) is 4.98 Å². The third kappa shape index (κ3) is 4.13. The molecule has 1 aromatic heterocycles. The molecule has 1 saturated carbocycles. The van der Waals surface area contributed by atoms with Gasteiger partial charge in [0, 0.05) is 11.6 Å². The number of H-pyrrole nitrogens is 1. The molecule has 1 N–H and O–H groups in total. The first-order valence-electron chi connectivity index (χ1n) is 7.68. The van der Waals surface area contributed by atoms with Crippen LogP contribution in [0.3, 0.4) is 0 Å². The van der Waals surface area contributed by atoms with Gasteiger partial charge >= 0.3 is 0 Å². The van der Waals surface area contributed by atoms with E-state index in [0.717, 1.165) is 22.8 Å². The third-order valence-electron chi connectivity index (χ3n) is 4.19. The molecule has 2 atom stereocenters. The van der Waals surface area contributed by atoms with Crippen LogP contribution in [0.4, 0.5) is 0 Å². The van der Waals surface area contributed by atoms with Crippen molar-refractivity contribution in [3.8, 4) is 0 Å². The van der Waals surface area contributed by atoms with Crippen molar-refractivity contribution in [1.82, 2.24) is 9.97 Å². The SMILES string of the molecule is CCC1CCCC(c2nc(=S)cc(CC(C)C)[nH]2)C1. The molecule has 1 heterocycles. The second-order valence-corrected chi connectivity index (χ2v) is 6.78. The number of aromatic amines is 1. The van der Waals surface area contributed by atoms with Crippen LogP contribution >= 0.6 is 12.2 Å². The molecule has 19 heavy (non-hydrogen) atoms. The van der Waals surface area contributed by atoms with E-state index < -0.39 is 0 Å². The number of nitrogens with one attached hydrogen (secondary N) is 1. The fourth-order valence-corrected chi connectivity index (χ4v) is 3.42. The van der Waals surface area contributed by atoms with Crippen LogP contribution in [0.25, 0.3) is 0 Å². The van der Waals surface area contributed by atoms with Crippen molar-refractivity contribution in [2.75, 3.05) is 0 Å². The lowest BCUT2D eigenvalue weighted by atomic mass is 9.80. The van der Waals surface area contributed by atoms with Crippen molar-refractivity contribution in [1.29, 1.82) is 0 Å². The van der Waals surface area contributed by atoms with Gasteiger partial charge in [0.25, 0.3) is 0 Å². The van der Waals surface area contributed by atoms with Gasteiger partial charge in [0.15, 0.2) is 0 Å². The lowest BCUT2D eigenvalue weighted by Crippen LogP contribution is -2.16. The van der Waals surface area contributed by atoms with E-state index >= 15 is 0 Å². The van der Waals surface area contributed by atoms with Crippen LogP contribution in [0, 0.1) is 16.5 Å². The smallest absolute Gasteiger partial charge is 0.129 e. The molecule has 106 valence electrons. The summed E-state index contributed by atoms with van der Waals surface area (Å²) in [7, 11) is 0. The molecule has 1 aliphatic rings. The summed E-state index contributed by atoms with van der Waals surface area (Å²) in [5.74, 6) is 3.25. The first-order chi connectivity index (χ1) is 9.08. The number of hydrogen-bond donors (Lipinski definition) is 1. The molecule has 1 aromatic rings. The molecule has 3 heteroatoms. The predicted molar refractivity (Wildman–Crippen MR) is 83.0 cm³/mol. The number of aromatic nitrogens is 2. The zero-order chi connectivity index (χ0) is 13.8. The Morgan fingerprint density at radius 3 is 2.89 bits per heavy atom. The van der Waals surface area contributed by atoms with Gasteiger partial charge in [0.1, 0.15) is 10.5 Å². The maximum absolute atomic E-state index is 5.34. The van der Waals surface area contributed by atoms with Gasteiger partial charge in [-0.15, -0.1) is 0 Å². The summed E-state index contributed by atoms with van der Waals surface area (Å²) < 4.78 is 0.753. The highest BCUT2D eigenvalue weighted by atomic mass is 32.1. The Morgan fingerprint density at radius 2 is 2.21 bits per heavy atom. The Bertz CT molecular complexity index is 464. The maximum atomic E-state index is 5.34. The maximum Gasteiger partial charge on any atom is 0.129 e. The van der Waals surface area contributed by atoms with Crippen molar-refractivity contribution in [3.05, 3.63) is 22.2 Å². The summed E-state index contributed by atoms with van der Waals surface area (Å²) in [6.07, 6.45) is 7.62. The molecule has 0 amide bonds. The quantitative estimate of drug-likeness (QED) is 0.783. The summed E-state index contributed by atoms with van der Waals surface area (Å²) in [6, 6.07) is 2.03. The standard InChI is InChI=1S/C16H26N2S/c1-4-12-6-5-7-13(9-12)16-17-14(8-11(2)3)10-15(19)18-16/h10-13H,4-9H2,1-3H3,(H,17,18,19). The third-order valence-corrected chi connectivity index (χ3v) is 4.40. The largest absolute Gasteiger partial charge is 0.347 e. The van der Waals surface area contributed by atoms with Gasteiger partial charge in [0.05, 0.1) is 0 Å². The fraction of sp³-hybridized carbons (Fsp3) is 0.750. The zero-order valence-corrected chi connectivity index (χ0v) is 13.2. The summed E-state index contributed by atoms with van der Waals surface area (Å²) >= 11 is 5.34. The molecule has 2 rings (SSSR count). The molecule has 0 aromatic carbocycles. The van der Waals surface area contributed by atoms with E-state index in [4.69, 9.17) is 12.2 Å². The topological polar surface area (TPSA) is 28.7 Å². The van der Waals surface area contributed by atoms with Crippen LogP contribution < -0.4 is 0 Å². The minimum absolute atomic E-state index is 0.590. The Kier molecular flexibility index (Phi) is 5.14. The first-order valence-corrected chi connectivity index (χ1v) is 8.09. The van der Waals surface area contributed by atoms with Crippen LogP contribution in [0.1, 0.15) is 70.3 Å². The Morgan fingerprint density at radius 1 is 1.42 bits per heavy atom. The van der Waals surface area contributed by atoms with Gasteiger partial charge in [-0.2, -0.15) is 0 Å². The molecule has 0 radical (unpaired) electrons. The summed E-state index contributed by atoms with van der Waals surface area (Å²) in [6.45, 7) is 6.79. The van der Waals surface area contributed by atoms with Crippen LogP contribution in [0.5, 0.6) is 0 Å². The average molecular weight is 278 g/mol. The van der Waals surface area contributed by atoms with E-state index in [9.17, 15) is 0 Å². The summed E-state index contributed by atoms with van der Waals surface area (Å²) in [4.78, 5) is 8.15. The van der Waals surface area contributed by atoms with E-state index in [-0.39, 0.29) is 0 Å². The highest BCUT2D eigenvalue weighted by Crippen LogP contribution is 2.36. The molecule has 0 spiro atoms. The van der Waals surface area contributed by atoms with Gasteiger partial charge in [0.2, 0.25) is 0 Å². The second-order valence-electron chi connectivity index (χ2n) is 6.37. The van der Waals surface area contributed by atoms with Crippen molar-refractivity contribution in [2.24, 2.45) is 11.8 Å². The molecular formula is C16H26N2S. The second kappa shape index (κ2) is 6.65. The normalized spacial score (nSPS) is 23.8. The van der Waals surface area contributed by atoms with E-state index in [1.165, 1.54) is 37.8 Å². The van der Waals surface area contributed by atoms with Gasteiger partial charge in [-0.3, -0.25) is 0 Å². The minimum atomic E-state index is 0.590. The highest BCUT2D eigenvalue weighted by molar-refractivity contribution is 7.71. The van der Waals surface area contributed by atoms with E-state index in [0.29, 0.717) is 11.8 Å². The number of hydrogen-bond acceptors (Lipinski definition) is 2. The van der Waals surface area contributed by atoms with Gasteiger partial charge in [-0.1, -0.05) is 52.3 Å². The minimum Gasteiger partial charge on any atom is -0.347 e. The van der Waals surface area contributed by atoms with E-state index in [1.54, 1.807) is 0 Å². The monoisotopic (exact) mass is 278 g/mol. The molecule has 0 bridgehead atoms. The van der Waals surface area contributed by atoms with Crippen molar-refractivity contribution in [2.45, 2.75) is 65.2 Å². The molecule has 2 unspecified atom stereocenters. The molecule has 0 aliphatic heterocycles. The van der Waals surface area contributed by atoms with E-state index in [1.807, 2.05) is 6.07 Å². The Labute approximate surface area is 122 Å². The number of nitrogens with zero attached hydrogens (tertiary/aromatic N) is 1.